The number of benzene rings is 3. The van der Waals surface area contributed by atoms with Gasteiger partial charge in [0.25, 0.3) is 0 Å². The molecule has 9 nitrogen and oxygen atoms in total. The van der Waals surface area contributed by atoms with Crippen LogP contribution in [0.25, 0.3) is 0 Å². The maximum absolute atomic E-state index is 14.2. The third-order valence-electron chi connectivity index (χ3n) is 6.00. The van der Waals surface area contributed by atoms with Gasteiger partial charge in [0.2, 0.25) is 11.6 Å². The molecule has 2 heterocycles. The maximum atomic E-state index is 14.2. The van der Waals surface area contributed by atoms with Gasteiger partial charge in [0.1, 0.15) is 12.1 Å². The van der Waals surface area contributed by atoms with E-state index in [1.807, 2.05) is 70.5 Å². The van der Waals surface area contributed by atoms with E-state index >= 15 is 0 Å². The molecule has 0 amide bonds. The van der Waals surface area contributed by atoms with E-state index in [1.165, 1.54) is 12.4 Å². The van der Waals surface area contributed by atoms with Crippen LogP contribution in [0.1, 0.15) is 0 Å². The van der Waals surface area contributed by atoms with Crippen LogP contribution < -0.4 is 20.2 Å². The summed E-state index contributed by atoms with van der Waals surface area (Å²) in [4.78, 5) is 24.1. The molecule has 1 aliphatic heterocycles. The highest BCUT2D eigenvalue weighted by molar-refractivity contribution is 5.75. The van der Waals surface area contributed by atoms with Gasteiger partial charge in [0.15, 0.2) is 0 Å². The van der Waals surface area contributed by atoms with E-state index in [4.69, 9.17) is 0 Å². The highest BCUT2D eigenvalue weighted by atomic mass is 19.1. The second-order valence-corrected chi connectivity index (χ2v) is 8.20. The van der Waals surface area contributed by atoms with Gasteiger partial charge in [-0.2, -0.15) is 0 Å². The van der Waals surface area contributed by atoms with E-state index in [9.17, 15) is 14.5 Å². The summed E-state index contributed by atoms with van der Waals surface area (Å²) in [5.41, 5.74) is 5.03. The molecule has 0 saturated carbocycles. The van der Waals surface area contributed by atoms with Crippen molar-refractivity contribution in [1.29, 1.82) is 0 Å². The van der Waals surface area contributed by atoms with Gasteiger partial charge in [-0.05, 0) is 36.4 Å². The van der Waals surface area contributed by atoms with E-state index in [0.717, 1.165) is 11.4 Å². The van der Waals surface area contributed by atoms with Crippen LogP contribution in [0.2, 0.25) is 0 Å². The molecule has 0 aliphatic carbocycles. The van der Waals surface area contributed by atoms with Crippen LogP contribution in [-0.2, 0) is 0 Å². The Balaban J connectivity index is 1.44. The van der Waals surface area contributed by atoms with Crippen LogP contribution in [0.5, 0.6) is 0 Å². The first-order valence-corrected chi connectivity index (χ1v) is 11.5. The minimum atomic E-state index is -0.463. The van der Waals surface area contributed by atoms with Gasteiger partial charge in [0, 0.05) is 26.2 Å². The molecule has 0 unspecified atom stereocenters. The first-order valence-electron chi connectivity index (χ1n) is 11.5. The Labute approximate surface area is 207 Å². The van der Waals surface area contributed by atoms with Gasteiger partial charge in [-0.25, -0.2) is 14.4 Å². The minimum absolute atomic E-state index is 0.0780. The van der Waals surface area contributed by atoms with Crippen LogP contribution in [0, 0.1) is 15.9 Å². The van der Waals surface area contributed by atoms with Crippen molar-refractivity contribution in [2.24, 2.45) is 0 Å². The summed E-state index contributed by atoms with van der Waals surface area (Å²) in [6.45, 7) is 1.91. The first kappa shape index (κ1) is 23.0. The zero-order valence-corrected chi connectivity index (χ0v) is 19.4. The Kier molecular flexibility index (Phi) is 6.57. The number of nitro groups is 1. The molecule has 36 heavy (non-hydrogen) atoms. The number of aromatic nitrogens is 2. The van der Waals surface area contributed by atoms with Crippen LogP contribution in [0.4, 0.5) is 38.8 Å². The standard InChI is InChI=1S/C26H24FN7O2/c27-22-13-7-8-14-23(22)31-15-17-32(18-16-31)26-24(34(35)36)25(28-19-29-26)30-33(20-9-3-1-4-10-20)21-11-5-2-6-12-21/h1-14,19H,15-18H2,(H,28,29,30). The molecule has 5 rings (SSSR count). The fourth-order valence-corrected chi connectivity index (χ4v) is 4.26. The molecular formula is C26H24FN7O2. The number of nitrogens with zero attached hydrogens (tertiary/aromatic N) is 6. The fourth-order valence-electron chi connectivity index (χ4n) is 4.26. The van der Waals surface area contributed by atoms with E-state index in [2.05, 4.69) is 15.4 Å². The molecule has 0 radical (unpaired) electrons. The number of nitrogens with one attached hydrogen (secondary N) is 1. The molecule has 1 N–H and O–H groups in total. The lowest BCUT2D eigenvalue weighted by Gasteiger charge is -2.36. The van der Waals surface area contributed by atoms with Gasteiger partial charge in [-0.1, -0.05) is 48.5 Å². The van der Waals surface area contributed by atoms with Crippen molar-refractivity contribution >= 4 is 34.4 Å². The highest BCUT2D eigenvalue weighted by Gasteiger charge is 2.31. The molecule has 4 aromatic rings. The highest BCUT2D eigenvalue weighted by Crippen LogP contribution is 2.35. The molecule has 10 heteroatoms. The Morgan fingerprint density at radius 2 is 1.36 bits per heavy atom. The summed E-state index contributed by atoms with van der Waals surface area (Å²) in [6, 6.07) is 25.6. The largest absolute Gasteiger partial charge is 0.366 e. The Bertz CT molecular complexity index is 1290. The molecule has 0 atom stereocenters. The van der Waals surface area contributed by atoms with E-state index < -0.39 is 4.92 Å². The molecule has 1 fully saturated rings. The number of piperazine rings is 1. The molecule has 3 aromatic carbocycles. The lowest BCUT2D eigenvalue weighted by Crippen LogP contribution is -2.47. The minimum Gasteiger partial charge on any atom is -0.366 e. The molecule has 182 valence electrons. The molecule has 1 aromatic heterocycles. The Morgan fingerprint density at radius 3 is 1.94 bits per heavy atom. The summed E-state index contributed by atoms with van der Waals surface area (Å²) in [5, 5.41) is 14.0. The van der Waals surface area contributed by atoms with Gasteiger partial charge < -0.3 is 9.80 Å². The number of para-hydroxylation sites is 3. The fraction of sp³-hybridized carbons (Fsp3) is 0.154. The van der Waals surface area contributed by atoms with E-state index in [0.29, 0.717) is 31.9 Å². The Morgan fingerprint density at radius 1 is 0.806 bits per heavy atom. The predicted octanol–water partition coefficient (Wildman–Crippen LogP) is 5.02. The van der Waals surface area contributed by atoms with Gasteiger partial charge >= 0.3 is 5.69 Å². The monoisotopic (exact) mass is 485 g/mol. The van der Waals surface area contributed by atoms with Gasteiger partial charge in [-0.15, -0.1) is 0 Å². The van der Waals surface area contributed by atoms with Crippen molar-refractivity contribution in [3.05, 3.63) is 107 Å². The molecule has 1 saturated heterocycles. The zero-order valence-electron chi connectivity index (χ0n) is 19.4. The lowest BCUT2D eigenvalue weighted by atomic mass is 10.2. The molecule has 0 spiro atoms. The van der Waals surface area contributed by atoms with Crippen molar-refractivity contribution < 1.29 is 9.31 Å². The second kappa shape index (κ2) is 10.3. The molecular weight excluding hydrogens is 461 g/mol. The van der Waals surface area contributed by atoms with Gasteiger partial charge in [0.05, 0.1) is 22.0 Å². The summed E-state index contributed by atoms with van der Waals surface area (Å²) in [7, 11) is 0. The van der Waals surface area contributed by atoms with Crippen molar-refractivity contribution in [3.63, 3.8) is 0 Å². The number of rotatable bonds is 7. The zero-order chi connectivity index (χ0) is 24.9. The normalized spacial score (nSPS) is 13.4. The van der Waals surface area contributed by atoms with Crippen molar-refractivity contribution in [2.45, 2.75) is 0 Å². The van der Waals surface area contributed by atoms with Crippen LogP contribution in [-0.4, -0.2) is 41.1 Å². The van der Waals surface area contributed by atoms with E-state index in [1.54, 1.807) is 23.2 Å². The number of halogens is 1. The average Bonchev–Trinajstić information content (AvgIpc) is 2.93. The summed E-state index contributed by atoms with van der Waals surface area (Å²) in [5.74, 6) is 0.0216. The smallest absolute Gasteiger partial charge is 0.355 e. The number of hydrazine groups is 1. The second-order valence-electron chi connectivity index (χ2n) is 8.20. The SMILES string of the molecule is O=[N+]([O-])c1c(NN(c2ccccc2)c2ccccc2)ncnc1N1CCN(c2ccccc2F)CC1. The first-order chi connectivity index (χ1) is 17.6. The third-order valence-corrected chi connectivity index (χ3v) is 6.00. The third kappa shape index (κ3) is 4.74. The number of anilines is 5. The van der Waals surface area contributed by atoms with Crippen molar-refractivity contribution in [2.75, 3.05) is 46.4 Å². The quantitative estimate of drug-likeness (QED) is 0.288. The predicted molar refractivity (Wildman–Crippen MR) is 138 cm³/mol. The number of hydrogen-bond donors (Lipinski definition) is 1. The molecule has 0 bridgehead atoms. The number of hydrogen-bond acceptors (Lipinski definition) is 8. The van der Waals surface area contributed by atoms with Crippen molar-refractivity contribution in [1.82, 2.24) is 9.97 Å². The van der Waals surface area contributed by atoms with Gasteiger partial charge in [-0.3, -0.25) is 20.5 Å². The summed E-state index contributed by atoms with van der Waals surface area (Å²) >= 11 is 0. The summed E-state index contributed by atoms with van der Waals surface area (Å²) < 4.78 is 14.2. The summed E-state index contributed by atoms with van der Waals surface area (Å²) in [6.07, 6.45) is 1.32. The average molecular weight is 486 g/mol. The maximum Gasteiger partial charge on any atom is 0.355 e. The Hall–Kier alpha value is -4.73. The van der Waals surface area contributed by atoms with Crippen molar-refractivity contribution in [3.8, 4) is 0 Å². The van der Waals surface area contributed by atoms with Crippen LogP contribution >= 0.6 is 0 Å². The lowest BCUT2D eigenvalue weighted by molar-refractivity contribution is -0.383. The van der Waals surface area contributed by atoms with Crippen LogP contribution in [0.3, 0.4) is 0 Å². The van der Waals surface area contributed by atoms with E-state index in [-0.39, 0.29) is 23.1 Å². The van der Waals surface area contributed by atoms with Crippen LogP contribution in [0.15, 0.2) is 91.3 Å². The topological polar surface area (TPSA) is 90.7 Å². The molecule has 1 aliphatic rings.